The van der Waals surface area contributed by atoms with E-state index >= 15 is 0 Å². The number of hydrogen-bond donors (Lipinski definition) is 2. The average molecular weight is 307 g/mol. The van der Waals surface area contributed by atoms with Gasteiger partial charge >= 0.3 is 0 Å². The lowest BCUT2D eigenvalue weighted by Crippen LogP contribution is -2.25. The number of hydrogen-bond acceptors (Lipinski definition) is 4. The number of pyridine rings is 1. The van der Waals surface area contributed by atoms with Gasteiger partial charge in [-0.3, -0.25) is 4.79 Å². The van der Waals surface area contributed by atoms with Crippen LogP contribution in [0.2, 0.25) is 0 Å². The van der Waals surface area contributed by atoms with Crippen molar-refractivity contribution in [1.82, 2.24) is 15.4 Å². The summed E-state index contributed by atoms with van der Waals surface area (Å²) in [6.07, 6.45) is 3.94. The van der Waals surface area contributed by atoms with Gasteiger partial charge in [0, 0.05) is 36.1 Å². The summed E-state index contributed by atoms with van der Waals surface area (Å²) in [5, 5.41) is 15.2. The SMILES string of the molecule is O=C1CCC(c2ccc3[nH]c(-c4cc[n+]([O-])cc4)nc3c2)=NN1. The second kappa shape index (κ2) is 5.20. The molecule has 2 N–H and O–H groups in total. The zero-order chi connectivity index (χ0) is 15.8. The number of nitrogens with one attached hydrogen (secondary N) is 2. The molecule has 7 heteroatoms. The maximum absolute atomic E-state index is 11.2. The molecule has 3 heterocycles. The first-order valence-electron chi connectivity index (χ1n) is 7.24. The number of amides is 1. The third kappa shape index (κ3) is 2.52. The average Bonchev–Trinajstić information content (AvgIpc) is 2.99. The second-order valence-corrected chi connectivity index (χ2v) is 5.36. The number of nitrogens with zero attached hydrogens (tertiary/aromatic N) is 3. The molecule has 0 unspecified atom stereocenters. The zero-order valence-electron chi connectivity index (χ0n) is 12.1. The van der Waals surface area contributed by atoms with Crippen molar-refractivity contribution in [3.8, 4) is 11.4 Å². The summed E-state index contributed by atoms with van der Waals surface area (Å²) in [7, 11) is 0. The Kier molecular flexibility index (Phi) is 3.04. The van der Waals surface area contributed by atoms with Crippen molar-refractivity contribution in [1.29, 1.82) is 0 Å². The van der Waals surface area contributed by atoms with Gasteiger partial charge in [-0.25, -0.2) is 10.4 Å². The molecule has 2 aromatic heterocycles. The van der Waals surface area contributed by atoms with E-state index in [1.807, 2.05) is 18.2 Å². The molecule has 3 aromatic rings. The first-order chi connectivity index (χ1) is 11.2. The molecule has 0 aliphatic carbocycles. The summed E-state index contributed by atoms with van der Waals surface area (Å²) in [5.41, 5.74) is 6.87. The molecule has 0 radical (unpaired) electrons. The fraction of sp³-hybridized carbons (Fsp3) is 0.125. The van der Waals surface area contributed by atoms with Crippen LogP contribution in [0.5, 0.6) is 0 Å². The number of carbonyl (C=O) groups is 1. The number of H-pyrrole nitrogens is 1. The largest absolute Gasteiger partial charge is 0.619 e. The predicted octanol–water partition coefficient (Wildman–Crippen LogP) is 1.48. The van der Waals surface area contributed by atoms with E-state index < -0.39 is 0 Å². The standard InChI is InChI=1S/C16H13N5O2/c22-15-4-3-12(19-20-15)11-1-2-13-14(9-11)18-16(17-13)10-5-7-21(23)8-6-10/h1-2,5-9H,3-4H2,(H,17,18)(H,20,22). The highest BCUT2D eigenvalue weighted by Gasteiger charge is 2.14. The molecule has 7 nitrogen and oxygen atoms in total. The molecule has 0 bridgehead atoms. The van der Waals surface area contributed by atoms with Crippen LogP contribution in [-0.2, 0) is 4.79 Å². The predicted molar refractivity (Wildman–Crippen MR) is 84.4 cm³/mol. The molecule has 0 saturated heterocycles. The topological polar surface area (TPSA) is 97.1 Å². The number of rotatable bonds is 2. The molecular formula is C16H13N5O2. The number of aromatic nitrogens is 3. The van der Waals surface area contributed by atoms with Crippen molar-refractivity contribution in [3.05, 3.63) is 53.5 Å². The summed E-state index contributed by atoms with van der Waals surface area (Å²) in [6.45, 7) is 0. The van der Waals surface area contributed by atoms with Crippen molar-refractivity contribution in [2.24, 2.45) is 5.10 Å². The molecule has 0 saturated carbocycles. The van der Waals surface area contributed by atoms with Crippen molar-refractivity contribution in [2.75, 3.05) is 0 Å². The molecule has 1 aliphatic heterocycles. The Labute approximate surface area is 131 Å². The minimum atomic E-state index is -0.0587. The Hall–Kier alpha value is -3.22. The number of fused-ring (bicyclic) bond motifs is 1. The third-order valence-electron chi connectivity index (χ3n) is 3.80. The number of carbonyl (C=O) groups excluding carboxylic acids is 1. The van der Waals surface area contributed by atoms with Gasteiger partial charge in [-0.2, -0.15) is 9.83 Å². The lowest BCUT2D eigenvalue weighted by molar-refractivity contribution is -0.605. The Morgan fingerprint density at radius 2 is 1.91 bits per heavy atom. The number of benzene rings is 1. The molecule has 0 atom stereocenters. The molecular weight excluding hydrogens is 294 g/mol. The number of hydrazone groups is 1. The smallest absolute Gasteiger partial charge is 0.240 e. The molecule has 23 heavy (non-hydrogen) atoms. The summed E-state index contributed by atoms with van der Waals surface area (Å²) in [5.74, 6) is 0.646. The van der Waals surface area contributed by atoms with Crippen LogP contribution in [0.25, 0.3) is 22.4 Å². The van der Waals surface area contributed by atoms with Crippen LogP contribution in [-0.4, -0.2) is 21.6 Å². The van der Waals surface area contributed by atoms with Gasteiger partial charge in [0.2, 0.25) is 5.91 Å². The first-order valence-corrected chi connectivity index (χ1v) is 7.24. The van der Waals surface area contributed by atoms with Gasteiger partial charge < -0.3 is 10.2 Å². The van der Waals surface area contributed by atoms with E-state index in [2.05, 4.69) is 20.5 Å². The van der Waals surface area contributed by atoms with Crippen LogP contribution >= 0.6 is 0 Å². The minimum absolute atomic E-state index is 0.0587. The van der Waals surface area contributed by atoms with Crippen molar-refractivity contribution >= 4 is 22.7 Å². The Morgan fingerprint density at radius 1 is 1.09 bits per heavy atom. The van der Waals surface area contributed by atoms with Gasteiger partial charge in [-0.05, 0) is 12.1 Å². The van der Waals surface area contributed by atoms with E-state index in [-0.39, 0.29) is 5.91 Å². The van der Waals surface area contributed by atoms with Crippen LogP contribution in [0.3, 0.4) is 0 Å². The van der Waals surface area contributed by atoms with Crippen LogP contribution in [0.15, 0.2) is 47.8 Å². The van der Waals surface area contributed by atoms with E-state index in [9.17, 15) is 10.0 Å². The van der Waals surface area contributed by atoms with Crippen molar-refractivity contribution < 1.29 is 9.52 Å². The van der Waals surface area contributed by atoms with E-state index in [1.54, 1.807) is 12.1 Å². The summed E-state index contributed by atoms with van der Waals surface area (Å²) in [6, 6.07) is 9.27. The molecule has 4 rings (SSSR count). The normalized spacial score (nSPS) is 14.6. The molecule has 1 aromatic carbocycles. The quantitative estimate of drug-likeness (QED) is 0.554. The minimum Gasteiger partial charge on any atom is -0.619 e. The molecule has 114 valence electrons. The molecule has 1 aliphatic rings. The number of imidazole rings is 1. The molecule has 0 spiro atoms. The van der Waals surface area contributed by atoms with Gasteiger partial charge in [0.15, 0.2) is 12.4 Å². The van der Waals surface area contributed by atoms with E-state index in [0.717, 1.165) is 32.6 Å². The Morgan fingerprint density at radius 3 is 2.65 bits per heavy atom. The fourth-order valence-electron chi connectivity index (χ4n) is 2.58. The summed E-state index contributed by atoms with van der Waals surface area (Å²) in [4.78, 5) is 19.0. The zero-order valence-corrected chi connectivity index (χ0v) is 12.1. The van der Waals surface area contributed by atoms with Gasteiger partial charge in [0.05, 0.1) is 16.7 Å². The summed E-state index contributed by atoms with van der Waals surface area (Å²) >= 11 is 0. The lowest BCUT2D eigenvalue weighted by Gasteiger charge is -2.11. The van der Waals surface area contributed by atoms with E-state index in [4.69, 9.17) is 0 Å². The Bertz CT molecular complexity index is 927. The van der Waals surface area contributed by atoms with Crippen molar-refractivity contribution in [2.45, 2.75) is 12.8 Å². The van der Waals surface area contributed by atoms with Crippen LogP contribution in [0, 0.1) is 5.21 Å². The number of aromatic amines is 1. The highest BCUT2D eigenvalue weighted by Crippen LogP contribution is 2.21. The van der Waals surface area contributed by atoms with Crippen LogP contribution in [0.4, 0.5) is 0 Å². The monoisotopic (exact) mass is 307 g/mol. The maximum Gasteiger partial charge on any atom is 0.240 e. The highest BCUT2D eigenvalue weighted by molar-refractivity contribution is 6.05. The van der Waals surface area contributed by atoms with Gasteiger partial charge in [0.25, 0.3) is 0 Å². The van der Waals surface area contributed by atoms with Crippen molar-refractivity contribution in [3.63, 3.8) is 0 Å². The fourth-order valence-corrected chi connectivity index (χ4v) is 2.58. The maximum atomic E-state index is 11.2. The summed E-state index contributed by atoms with van der Waals surface area (Å²) < 4.78 is 0.736. The van der Waals surface area contributed by atoms with Gasteiger partial charge in [-0.1, -0.05) is 6.07 Å². The van der Waals surface area contributed by atoms with Gasteiger partial charge in [-0.15, -0.1) is 0 Å². The Balaban J connectivity index is 1.72. The van der Waals surface area contributed by atoms with E-state index in [0.29, 0.717) is 18.7 Å². The van der Waals surface area contributed by atoms with E-state index in [1.165, 1.54) is 12.4 Å². The van der Waals surface area contributed by atoms with Crippen LogP contribution < -0.4 is 10.2 Å². The highest BCUT2D eigenvalue weighted by atomic mass is 16.5. The molecule has 1 amide bonds. The second-order valence-electron chi connectivity index (χ2n) is 5.36. The lowest BCUT2D eigenvalue weighted by atomic mass is 10.0. The van der Waals surface area contributed by atoms with Gasteiger partial charge in [0.1, 0.15) is 5.82 Å². The first kappa shape index (κ1) is 13.4. The van der Waals surface area contributed by atoms with Crippen LogP contribution in [0.1, 0.15) is 18.4 Å². The molecule has 0 fully saturated rings. The third-order valence-corrected chi connectivity index (χ3v) is 3.80.